The number of likely N-dealkylation sites (tertiary alicyclic amines) is 1. The van der Waals surface area contributed by atoms with Crippen LogP contribution in [0.1, 0.15) is 25.7 Å². The highest BCUT2D eigenvalue weighted by atomic mass is 16.5. The molecular weight excluding hydrogens is 274 g/mol. The van der Waals surface area contributed by atoms with E-state index in [0.29, 0.717) is 25.9 Å². The number of aromatic amines is 1. The van der Waals surface area contributed by atoms with Crippen molar-refractivity contribution >= 4 is 17.8 Å². The van der Waals surface area contributed by atoms with Gasteiger partial charge in [-0.25, -0.2) is 5.10 Å². The summed E-state index contributed by atoms with van der Waals surface area (Å²) in [6, 6.07) is 0.190. The lowest BCUT2D eigenvalue weighted by Gasteiger charge is -2.31. The third-order valence-electron chi connectivity index (χ3n) is 3.99. The summed E-state index contributed by atoms with van der Waals surface area (Å²) in [5.74, 6) is 0.607. The second kappa shape index (κ2) is 5.71. The van der Waals surface area contributed by atoms with E-state index in [2.05, 4.69) is 20.5 Å². The normalized spacial score (nSPS) is 19.4. The molecule has 2 aliphatic rings. The van der Waals surface area contributed by atoms with E-state index in [4.69, 9.17) is 4.74 Å². The Labute approximate surface area is 122 Å². The van der Waals surface area contributed by atoms with E-state index in [1.54, 1.807) is 0 Å². The van der Waals surface area contributed by atoms with E-state index in [1.807, 2.05) is 4.90 Å². The van der Waals surface area contributed by atoms with Crippen LogP contribution in [0.15, 0.2) is 0 Å². The molecule has 3 rings (SSSR count). The summed E-state index contributed by atoms with van der Waals surface area (Å²) in [4.78, 5) is 29.9. The first-order chi connectivity index (χ1) is 10.2. The molecule has 0 radical (unpaired) electrons. The number of rotatable bonds is 4. The van der Waals surface area contributed by atoms with Gasteiger partial charge in [-0.3, -0.25) is 14.9 Å². The topological polar surface area (TPSA) is 100 Å². The van der Waals surface area contributed by atoms with Crippen LogP contribution in [-0.2, 0) is 9.59 Å². The Balaban J connectivity index is 1.49. The molecule has 1 aliphatic heterocycles. The minimum atomic E-state index is -0.0932. The monoisotopic (exact) mass is 293 g/mol. The minimum Gasteiger partial charge on any atom is -0.466 e. The van der Waals surface area contributed by atoms with Gasteiger partial charge < -0.3 is 9.64 Å². The van der Waals surface area contributed by atoms with Gasteiger partial charge in [0.2, 0.25) is 17.8 Å². The first-order valence-electron chi connectivity index (χ1n) is 7.23. The highest BCUT2D eigenvalue weighted by Gasteiger charge is 2.36. The molecule has 0 aromatic carbocycles. The Bertz CT molecular complexity index is 532. The quantitative estimate of drug-likeness (QED) is 0.837. The molecule has 2 heterocycles. The van der Waals surface area contributed by atoms with Gasteiger partial charge in [0.1, 0.15) is 0 Å². The lowest BCUT2D eigenvalue weighted by atomic mass is 9.95. The minimum absolute atomic E-state index is 0.0904. The molecule has 21 heavy (non-hydrogen) atoms. The Kier molecular flexibility index (Phi) is 3.76. The van der Waals surface area contributed by atoms with Crippen molar-refractivity contribution in [3.05, 3.63) is 0 Å². The summed E-state index contributed by atoms with van der Waals surface area (Å²) in [5, 5.41) is 9.06. The number of H-pyrrole nitrogens is 1. The zero-order valence-electron chi connectivity index (χ0n) is 12.0. The number of carbonyl (C=O) groups excluding carboxylic acids is 2. The number of carbonyl (C=O) groups is 2. The van der Waals surface area contributed by atoms with Crippen LogP contribution >= 0.6 is 0 Å². The van der Waals surface area contributed by atoms with Crippen LogP contribution in [0.2, 0.25) is 0 Å². The van der Waals surface area contributed by atoms with Crippen molar-refractivity contribution in [3.8, 4) is 6.01 Å². The zero-order chi connectivity index (χ0) is 14.8. The van der Waals surface area contributed by atoms with E-state index in [1.165, 1.54) is 7.11 Å². The predicted octanol–water partition coefficient (Wildman–Crippen LogP) is 0.400. The van der Waals surface area contributed by atoms with Crippen LogP contribution in [0, 0.1) is 11.8 Å². The molecule has 2 fully saturated rings. The summed E-state index contributed by atoms with van der Waals surface area (Å²) in [7, 11) is 1.46. The van der Waals surface area contributed by atoms with Crippen LogP contribution in [0.3, 0.4) is 0 Å². The first-order valence-corrected chi connectivity index (χ1v) is 7.23. The molecule has 8 heteroatoms. The van der Waals surface area contributed by atoms with Crippen LogP contribution < -0.4 is 10.1 Å². The number of nitrogens with one attached hydrogen (secondary N) is 2. The number of hydrogen-bond acceptors (Lipinski definition) is 5. The number of methoxy groups -OCH3 is 1. The lowest BCUT2D eigenvalue weighted by molar-refractivity contribution is -0.135. The van der Waals surface area contributed by atoms with Gasteiger partial charge in [0.05, 0.1) is 7.11 Å². The fraction of sp³-hybridized carbons (Fsp3) is 0.692. The second-order valence-corrected chi connectivity index (χ2v) is 5.53. The van der Waals surface area contributed by atoms with E-state index < -0.39 is 0 Å². The molecule has 1 aromatic rings. The summed E-state index contributed by atoms with van der Waals surface area (Å²) < 4.78 is 4.84. The number of anilines is 1. The van der Waals surface area contributed by atoms with Gasteiger partial charge in [-0.1, -0.05) is 0 Å². The summed E-state index contributed by atoms with van der Waals surface area (Å²) in [6.07, 6.45) is 3.42. The molecule has 2 N–H and O–H groups in total. The number of nitrogens with zero attached hydrogens (tertiary/aromatic N) is 3. The largest absolute Gasteiger partial charge is 0.466 e. The Morgan fingerprint density at radius 3 is 2.52 bits per heavy atom. The zero-order valence-corrected chi connectivity index (χ0v) is 12.0. The van der Waals surface area contributed by atoms with Crippen molar-refractivity contribution < 1.29 is 14.3 Å². The van der Waals surface area contributed by atoms with Crippen molar-refractivity contribution in [1.82, 2.24) is 20.1 Å². The summed E-state index contributed by atoms with van der Waals surface area (Å²) in [6.45, 7) is 1.32. The molecule has 0 atom stereocenters. The maximum Gasteiger partial charge on any atom is 0.336 e. The molecule has 1 saturated heterocycles. The Hall–Kier alpha value is -2.12. The number of ether oxygens (including phenoxy) is 1. The van der Waals surface area contributed by atoms with Gasteiger partial charge in [0.25, 0.3) is 0 Å². The van der Waals surface area contributed by atoms with Gasteiger partial charge in [0, 0.05) is 24.9 Å². The van der Waals surface area contributed by atoms with Crippen LogP contribution in [0.25, 0.3) is 0 Å². The molecule has 2 amide bonds. The first kappa shape index (κ1) is 13.8. The van der Waals surface area contributed by atoms with Crippen LogP contribution in [-0.4, -0.2) is 52.1 Å². The van der Waals surface area contributed by atoms with E-state index >= 15 is 0 Å². The smallest absolute Gasteiger partial charge is 0.336 e. The number of hydrogen-bond donors (Lipinski definition) is 2. The number of aromatic nitrogens is 3. The van der Waals surface area contributed by atoms with Crippen LogP contribution in [0.4, 0.5) is 5.95 Å². The number of piperidine rings is 1. The fourth-order valence-electron chi connectivity index (χ4n) is 2.56. The average Bonchev–Trinajstić information content (AvgIpc) is 3.27. The molecule has 0 spiro atoms. The van der Waals surface area contributed by atoms with E-state index in [0.717, 1.165) is 12.8 Å². The van der Waals surface area contributed by atoms with Crippen molar-refractivity contribution in [3.63, 3.8) is 0 Å². The average molecular weight is 293 g/mol. The van der Waals surface area contributed by atoms with Gasteiger partial charge in [-0.05, 0) is 25.7 Å². The van der Waals surface area contributed by atoms with E-state index in [9.17, 15) is 9.59 Å². The maximum absolute atomic E-state index is 12.1. The standard InChI is InChI=1S/C13H19N5O3/c1-21-13-15-12(16-17-13)14-10(19)8-4-6-18(7-5-8)11(20)9-2-3-9/h8-9H,2-7H2,1H3,(H2,14,15,16,17,19). The third kappa shape index (κ3) is 3.14. The fourth-order valence-corrected chi connectivity index (χ4v) is 2.56. The van der Waals surface area contributed by atoms with Gasteiger partial charge in [-0.15, -0.1) is 5.10 Å². The SMILES string of the molecule is COc1n[nH]c(NC(=O)C2CCN(C(=O)C3CC3)CC2)n1. The third-order valence-corrected chi connectivity index (χ3v) is 3.99. The van der Waals surface area contributed by atoms with Gasteiger partial charge in [-0.2, -0.15) is 4.98 Å². The van der Waals surface area contributed by atoms with Crippen molar-refractivity contribution in [2.75, 3.05) is 25.5 Å². The molecule has 114 valence electrons. The van der Waals surface area contributed by atoms with Crippen molar-refractivity contribution in [2.24, 2.45) is 11.8 Å². The van der Waals surface area contributed by atoms with Crippen LogP contribution in [0.5, 0.6) is 6.01 Å². The highest BCUT2D eigenvalue weighted by Crippen LogP contribution is 2.32. The number of amides is 2. The lowest BCUT2D eigenvalue weighted by Crippen LogP contribution is -2.42. The molecule has 1 aliphatic carbocycles. The van der Waals surface area contributed by atoms with Crippen molar-refractivity contribution in [1.29, 1.82) is 0 Å². The van der Waals surface area contributed by atoms with Gasteiger partial charge >= 0.3 is 6.01 Å². The Morgan fingerprint density at radius 2 is 1.95 bits per heavy atom. The molecule has 1 saturated carbocycles. The predicted molar refractivity (Wildman–Crippen MR) is 73.6 cm³/mol. The molecule has 0 unspecified atom stereocenters. The summed E-state index contributed by atoms with van der Waals surface area (Å²) >= 11 is 0. The molecule has 0 bridgehead atoms. The Morgan fingerprint density at radius 1 is 1.24 bits per heavy atom. The molecular formula is C13H19N5O3. The maximum atomic E-state index is 12.1. The summed E-state index contributed by atoms with van der Waals surface area (Å²) in [5.41, 5.74) is 0. The van der Waals surface area contributed by atoms with E-state index in [-0.39, 0.29) is 35.6 Å². The van der Waals surface area contributed by atoms with Crippen molar-refractivity contribution in [2.45, 2.75) is 25.7 Å². The van der Waals surface area contributed by atoms with Gasteiger partial charge in [0.15, 0.2) is 0 Å². The second-order valence-electron chi connectivity index (χ2n) is 5.53. The highest BCUT2D eigenvalue weighted by molar-refractivity contribution is 5.91. The molecule has 1 aromatic heterocycles. The molecule has 8 nitrogen and oxygen atoms in total.